The second-order valence-electron chi connectivity index (χ2n) is 4.69. The average Bonchev–Trinajstić information content (AvgIpc) is 2.55. The zero-order valence-corrected chi connectivity index (χ0v) is 12.1. The first-order chi connectivity index (χ1) is 10.7. The maximum Gasteiger partial charge on any atom is 0.340 e. The zero-order valence-electron chi connectivity index (χ0n) is 12.1. The summed E-state index contributed by atoms with van der Waals surface area (Å²) in [7, 11) is 0. The fourth-order valence-corrected chi connectivity index (χ4v) is 1.79. The number of benzene rings is 2. The molecule has 22 heavy (non-hydrogen) atoms. The lowest BCUT2D eigenvalue weighted by Gasteiger charge is -2.05. The maximum atomic E-state index is 12.0. The van der Waals surface area contributed by atoms with Gasteiger partial charge in [0, 0.05) is 4.91 Å². The van der Waals surface area contributed by atoms with Gasteiger partial charge in [0.1, 0.15) is 12.3 Å². The fourth-order valence-electron chi connectivity index (χ4n) is 1.79. The largest absolute Gasteiger partial charge is 0.457 e. The molecule has 2 aromatic carbocycles. The topological polar surface area (TPSA) is 75.1 Å². The molecule has 0 saturated heterocycles. The Labute approximate surface area is 128 Å². The molecule has 0 amide bonds. The van der Waals surface area contributed by atoms with Gasteiger partial charge in [-0.1, -0.05) is 65.3 Å². The van der Waals surface area contributed by atoms with Crippen LogP contribution >= 0.6 is 0 Å². The van der Waals surface area contributed by atoms with Crippen molar-refractivity contribution < 1.29 is 9.53 Å². The van der Waals surface area contributed by atoms with Crippen molar-refractivity contribution in [2.45, 2.75) is 13.5 Å². The minimum Gasteiger partial charge on any atom is -0.457 e. The van der Waals surface area contributed by atoms with Crippen molar-refractivity contribution in [3.63, 3.8) is 0 Å². The molecular weight excluding hydrogens is 278 g/mol. The van der Waals surface area contributed by atoms with Gasteiger partial charge in [-0.2, -0.15) is 0 Å². The third kappa shape index (κ3) is 4.51. The number of hydrogen-bond acceptors (Lipinski definition) is 3. The third-order valence-electron chi connectivity index (χ3n) is 2.96. The highest BCUT2D eigenvalue weighted by Gasteiger charge is 2.09. The number of hydrogen-bond donors (Lipinski definition) is 0. The molecule has 0 aliphatic heterocycles. The molecule has 0 unspecified atom stereocenters. The van der Waals surface area contributed by atoms with Crippen molar-refractivity contribution in [2.75, 3.05) is 0 Å². The molecule has 5 nitrogen and oxygen atoms in total. The van der Waals surface area contributed by atoms with Crippen LogP contribution in [0.15, 0.2) is 65.4 Å². The molecule has 110 valence electrons. The highest BCUT2D eigenvalue weighted by molar-refractivity contribution is 5.93. The Morgan fingerprint density at radius 2 is 1.86 bits per heavy atom. The number of azide groups is 1. The van der Waals surface area contributed by atoms with Crippen LogP contribution in [0, 0.1) is 6.92 Å². The molecule has 0 aliphatic rings. The summed E-state index contributed by atoms with van der Waals surface area (Å²) in [5, 5.41) is 3.42. The number of rotatable bonds is 5. The zero-order chi connectivity index (χ0) is 15.8. The van der Waals surface area contributed by atoms with Crippen LogP contribution in [0.4, 0.5) is 0 Å². The number of aryl methyl sites for hydroxylation is 1. The summed E-state index contributed by atoms with van der Waals surface area (Å²) in [5.41, 5.74) is 11.3. The number of esters is 1. The van der Waals surface area contributed by atoms with Crippen molar-refractivity contribution in [3.05, 3.63) is 87.4 Å². The molecule has 0 bridgehead atoms. The first kappa shape index (κ1) is 15.4. The lowest BCUT2D eigenvalue weighted by atomic mass is 10.1. The summed E-state index contributed by atoms with van der Waals surface area (Å²) >= 11 is 0. The number of carbonyl (C=O) groups excluding carboxylic acids is 1. The normalized spacial score (nSPS) is 10.7. The van der Waals surface area contributed by atoms with E-state index in [1.807, 2.05) is 61.5 Å². The van der Waals surface area contributed by atoms with Crippen LogP contribution in [-0.4, -0.2) is 5.97 Å². The van der Waals surface area contributed by atoms with Crippen molar-refractivity contribution in [1.29, 1.82) is 0 Å². The molecular formula is C17H15N3O2. The Bertz CT molecular complexity index is 715. The Kier molecular flexibility index (Phi) is 5.35. The van der Waals surface area contributed by atoms with Gasteiger partial charge in [-0.05, 0) is 29.7 Å². The van der Waals surface area contributed by atoms with Crippen LogP contribution in [0.1, 0.15) is 16.7 Å². The highest BCUT2D eigenvalue weighted by atomic mass is 16.5. The maximum absolute atomic E-state index is 12.0. The van der Waals surface area contributed by atoms with Gasteiger partial charge in [-0.3, -0.25) is 0 Å². The van der Waals surface area contributed by atoms with Crippen LogP contribution in [0.2, 0.25) is 0 Å². The standard InChI is InChI=1S/C17H15N3O2/c1-13-7-9-14(10-8-13)11-16(19-20-18)17(21)22-12-15-5-3-2-4-6-15/h2-11H,12H2,1H3. The first-order valence-corrected chi connectivity index (χ1v) is 6.73. The van der Waals surface area contributed by atoms with E-state index in [4.69, 9.17) is 10.3 Å². The van der Waals surface area contributed by atoms with Crippen molar-refractivity contribution in [3.8, 4) is 0 Å². The van der Waals surface area contributed by atoms with Crippen molar-refractivity contribution in [2.24, 2.45) is 5.11 Å². The van der Waals surface area contributed by atoms with Gasteiger partial charge in [0.25, 0.3) is 0 Å². The van der Waals surface area contributed by atoms with E-state index in [2.05, 4.69) is 10.0 Å². The first-order valence-electron chi connectivity index (χ1n) is 6.73. The summed E-state index contributed by atoms with van der Waals surface area (Å²) in [5.74, 6) is -0.651. The van der Waals surface area contributed by atoms with E-state index in [0.29, 0.717) is 0 Å². The number of nitrogens with zero attached hydrogens (tertiary/aromatic N) is 3. The molecule has 0 atom stereocenters. The van der Waals surface area contributed by atoms with Crippen LogP contribution < -0.4 is 0 Å². The molecule has 2 aromatic rings. The van der Waals surface area contributed by atoms with Crippen LogP contribution in [0.3, 0.4) is 0 Å². The van der Waals surface area contributed by atoms with Gasteiger partial charge < -0.3 is 4.74 Å². The van der Waals surface area contributed by atoms with E-state index >= 15 is 0 Å². The smallest absolute Gasteiger partial charge is 0.340 e. The fraction of sp³-hybridized carbons (Fsp3) is 0.118. The van der Waals surface area contributed by atoms with Gasteiger partial charge in [-0.25, -0.2) is 4.79 Å². The minimum atomic E-state index is -0.651. The quantitative estimate of drug-likeness (QED) is 0.269. The third-order valence-corrected chi connectivity index (χ3v) is 2.96. The molecule has 0 aliphatic carbocycles. The molecule has 0 spiro atoms. The summed E-state index contributed by atoms with van der Waals surface area (Å²) in [4.78, 5) is 14.7. The highest BCUT2D eigenvalue weighted by Crippen LogP contribution is 2.12. The molecule has 2 rings (SSSR count). The molecule has 0 fully saturated rings. The van der Waals surface area contributed by atoms with Crippen LogP contribution in [0.5, 0.6) is 0 Å². The number of ether oxygens (including phenoxy) is 1. The molecule has 0 N–H and O–H groups in total. The summed E-state index contributed by atoms with van der Waals surface area (Å²) < 4.78 is 5.17. The predicted molar refractivity (Wildman–Crippen MR) is 84.5 cm³/mol. The van der Waals surface area contributed by atoms with E-state index in [0.717, 1.165) is 16.7 Å². The van der Waals surface area contributed by atoms with Crippen molar-refractivity contribution >= 4 is 12.0 Å². The molecule has 0 aromatic heterocycles. The van der Waals surface area contributed by atoms with E-state index in [1.54, 1.807) is 0 Å². The summed E-state index contributed by atoms with van der Waals surface area (Å²) in [6.45, 7) is 2.10. The molecule has 0 saturated carbocycles. The summed E-state index contributed by atoms with van der Waals surface area (Å²) in [6, 6.07) is 16.8. The van der Waals surface area contributed by atoms with Gasteiger partial charge in [0.15, 0.2) is 0 Å². The second kappa shape index (κ2) is 7.67. The van der Waals surface area contributed by atoms with Crippen molar-refractivity contribution in [1.82, 2.24) is 0 Å². The lowest BCUT2D eigenvalue weighted by molar-refractivity contribution is -0.140. The Morgan fingerprint density at radius 3 is 2.50 bits per heavy atom. The summed E-state index contributed by atoms with van der Waals surface area (Å²) in [6.07, 6.45) is 1.51. The predicted octanol–water partition coefficient (Wildman–Crippen LogP) is 4.39. The van der Waals surface area contributed by atoms with Gasteiger partial charge in [0.05, 0.1) is 0 Å². The van der Waals surface area contributed by atoms with Gasteiger partial charge >= 0.3 is 5.97 Å². The van der Waals surface area contributed by atoms with Crippen LogP contribution in [-0.2, 0) is 16.1 Å². The van der Waals surface area contributed by atoms with E-state index in [-0.39, 0.29) is 12.3 Å². The SMILES string of the molecule is Cc1ccc(C=C(N=[N+]=[N-])C(=O)OCc2ccccc2)cc1. The monoisotopic (exact) mass is 293 g/mol. The van der Waals surface area contributed by atoms with Crippen LogP contribution in [0.25, 0.3) is 16.5 Å². The van der Waals surface area contributed by atoms with E-state index < -0.39 is 5.97 Å². The minimum absolute atomic E-state index is 0.0673. The van der Waals surface area contributed by atoms with E-state index in [9.17, 15) is 4.79 Å². The van der Waals surface area contributed by atoms with Gasteiger partial charge in [0.2, 0.25) is 0 Å². The van der Waals surface area contributed by atoms with Gasteiger partial charge in [-0.15, -0.1) is 0 Å². The number of carbonyl (C=O) groups is 1. The molecule has 0 heterocycles. The Hall–Kier alpha value is -3.04. The average molecular weight is 293 g/mol. The lowest BCUT2D eigenvalue weighted by Crippen LogP contribution is -2.06. The Balaban J connectivity index is 2.11. The van der Waals surface area contributed by atoms with E-state index in [1.165, 1.54) is 6.08 Å². The molecule has 0 radical (unpaired) electrons. The Morgan fingerprint density at radius 1 is 1.18 bits per heavy atom. The molecule has 5 heteroatoms. The second-order valence-corrected chi connectivity index (χ2v) is 4.69.